The molecule has 110 valence electrons. The summed E-state index contributed by atoms with van der Waals surface area (Å²) in [4.78, 5) is 27.3. The van der Waals surface area contributed by atoms with Crippen LogP contribution in [0, 0.1) is 0 Å². The van der Waals surface area contributed by atoms with Gasteiger partial charge in [0.25, 0.3) is 0 Å². The van der Waals surface area contributed by atoms with Crippen LogP contribution in [0.4, 0.5) is 0 Å². The third-order valence-electron chi connectivity index (χ3n) is 2.96. The first kappa shape index (κ1) is 15.0. The van der Waals surface area contributed by atoms with Crippen molar-refractivity contribution >= 4 is 23.5 Å². The number of carboxylic acids is 1. The van der Waals surface area contributed by atoms with Crippen LogP contribution >= 0.6 is 11.6 Å². The van der Waals surface area contributed by atoms with Gasteiger partial charge in [0.15, 0.2) is 6.04 Å². The highest BCUT2D eigenvalue weighted by atomic mass is 35.5. The van der Waals surface area contributed by atoms with E-state index in [1.54, 1.807) is 31.2 Å². The Hall–Kier alpha value is -2.41. The molecule has 1 aromatic heterocycles. The van der Waals surface area contributed by atoms with Crippen molar-refractivity contribution in [1.82, 2.24) is 20.1 Å². The number of carbonyl (C=O) groups excluding carboxylic acids is 1. The van der Waals surface area contributed by atoms with Gasteiger partial charge in [0.1, 0.15) is 18.7 Å². The van der Waals surface area contributed by atoms with Crippen molar-refractivity contribution in [1.29, 1.82) is 0 Å². The Morgan fingerprint density at radius 2 is 2.10 bits per heavy atom. The van der Waals surface area contributed by atoms with Crippen LogP contribution in [0.15, 0.2) is 36.9 Å². The number of halogens is 1. The average molecular weight is 309 g/mol. The van der Waals surface area contributed by atoms with Crippen molar-refractivity contribution in [2.75, 3.05) is 0 Å². The molecule has 2 rings (SSSR count). The summed E-state index contributed by atoms with van der Waals surface area (Å²) in [7, 11) is 0. The first-order valence-corrected chi connectivity index (χ1v) is 6.50. The number of carboxylic acid groups (broad SMARTS) is 1. The first-order valence-electron chi connectivity index (χ1n) is 6.12. The van der Waals surface area contributed by atoms with Crippen molar-refractivity contribution in [3.63, 3.8) is 0 Å². The van der Waals surface area contributed by atoms with Gasteiger partial charge >= 0.3 is 5.97 Å². The van der Waals surface area contributed by atoms with Gasteiger partial charge in [0.05, 0.1) is 0 Å². The number of benzene rings is 1. The van der Waals surface area contributed by atoms with Gasteiger partial charge < -0.3 is 10.4 Å². The van der Waals surface area contributed by atoms with E-state index in [-0.39, 0.29) is 5.02 Å². The van der Waals surface area contributed by atoms with Crippen LogP contribution in [-0.2, 0) is 9.59 Å². The Morgan fingerprint density at radius 1 is 1.38 bits per heavy atom. The maximum absolute atomic E-state index is 12.1. The van der Waals surface area contributed by atoms with E-state index in [0.29, 0.717) is 5.56 Å². The van der Waals surface area contributed by atoms with Crippen LogP contribution in [0.3, 0.4) is 0 Å². The molecule has 0 aliphatic rings. The van der Waals surface area contributed by atoms with Crippen LogP contribution in [0.1, 0.15) is 24.6 Å². The number of rotatable bonds is 5. The summed E-state index contributed by atoms with van der Waals surface area (Å²) in [6.45, 7) is 1.59. The highest BCUT2D eigenvalue weighted by Crippen LogP contribution is 2.23. The molecule has 0 bridgehead atoms. The maximum Gasteiger partial charge on any atom is 0.330 e. The number of nitrogens with one attached hydrogen (secondary N) is 1. The fraction of sp³-hybridized carbons (Fsp3) is 0.231. The molecule has 2 aromatic rings. The van der Waals surface area contributed by atoms with Gasteiger partial charge in [-0.25, -0.2) is 14.5 Å². The van der Waals surface area contributed by atoms with E-state index >= 15 is 0 Å². The smallest absolute Gasteiger partial charge is 0.330 e. The zero-order valence-corrected chi connectivity index (χ0v) is 11.9. The summed E-state index contributed by atoms with van der Waals surface area (Å²) in [5, 5.41) is 15.9. The van der Waals surface area contributed by atoms with E-state index < -0.39 is 24.0 Å². The molecule has 8 heteroatoms. The van der Waals surface area contributed by atoms with E-state index in [1.165, 1.54) is 17.3 Å². The monoisotopic (exact) mass is 308 g/mol. The molecule has 0 radical (unpaired) electrons. The molecular formula is C13H13ClN4O3. The molecule has 1 aromatic carbocycles. The minimum Gasteiger partial charge on any atom is -0.479 e. The lowest BCUT2D eigenvalue weighted by Gasteiger charge is -2.19. The Labute approximate surface area is 125 Å². The molecule has 2 atom stereocenters. The van der Waals surface area contributed by atoms with Gasteiger partial charge in [-0.15, -0.1) is 0 Å². The molecule has 1 unspecified atom stereocenters. The molecule has 0 fully saturated rings. The van der Waals surface area contributed by atoms with Gasteiger partial charge in [0, 0.05) is 10.6 Å². The van der Waals surface area contributed by atoms with Crippen molar-refractivity contribution in [3.05, 3.63) is 47.5 Å². The Bertz CT molecular complexity index is 645. The molecule has 7 nitrogen and oxygen atoms in total. The summed E-state index contributed by atoms with van der Waals surface area (Å²) in [6, 6.07) is 4.56. The van der Waals surface area contributed by atoms with E-state index in [2.05, 4.69) is 15.4 Å². The maximum atomic E-state index is 12.1. The Balaban J connectivity index is 2.19. The second-order valence-corrected chi connectivity index (χ2v) is 4.76. The Kier molecular flexibility index (Phi) is 4.54. The lowest BCUT2D eigenvalue weighted by atomic mass is 10.1. The van der Waals surface area contributed by atoms with Gasteiger partial charge in [-0.05, 0) is 13.0 Å². The molecule has 0 spiro atoms. The van der Waals surface area contributed by atoms with E-state index in [0.717, 1.165) is 0 Å². The standard InChI is InChI=1S/C13H13ClN4O3/c1-8(18-7-15-6-16-18)12(19)17-11(13(20)21)9-4-2-3-5-10(9)14/h2-8,11H,1H3,(H,17,19)(H,20,21)/t8?,11-/m1/s1. The van der Waals surface area contributed by atoms with Crippen molar-refractivity contribution in [2.24, 2.45) is 0 Å². The predicted octanol–water partition coefficient (Wildman–Crippen LogP) is 1.43. The SMILES string of the molecule is CC(C(=O)N[C@@H](C(=O)O)c1ccccc1Cl)n1cncn1. The van der Waals surface area contributed by atoms with Gasteiger partial charge in [-0.3, -0.25) is 4.79 Å². The zero-order valence-electron chi connectivity index (χ0n) is 11.1. The summed E-state index contributed by atoms with van der Waals surface area (Å²) in [6.07, 6.45) is 2.68. The largest absolute Gasteiger partial charge is 0.479 e. The summed E-state index contributed by atoms with van der Waals surface area (Å²) >= 11 is 5.98. The number of amides is 1. The zero-order chi connectivity index (χ0) is 15.4. The quantitative estimate of drug-likeness (QED) is 0.871. The van der Waals surface area contributed by atoms with Crippen LogP contribution in [0.5, 0.6) is 0 Å². The van der Waals surface area contributed by atoms with Crippen molar-refractivity contribution < 1.29 is 14.7 Å². The van der Waals surface area contributed by atoms with Gasteiger partial charge in [0.2, 0.25) is 5.91 Å². The van der Waals surface area contributed by atoms with E-state index in [1.807, 2.05) is 0 Å². The molecule has 1 heterocycles. The first-order chi connectivity index (χ1) is 10.0. The predicted molar refractivity (Wildman–Crippen MR) is 74.7 cm³/mol. The number of hydrogen-bond donors (Lipinski definition) is 2. The van der Waals surface area contributed by atoms with Crippen molar-refractivity contribution in [3.8, 4) is 0 Å². The highest BCUT2D eigenvalue weighted by molar-refractivity contribution is 6.31. The minimum absolute atomic E-state index is 0.276. The number of nitrogens with zero attached hydrogens (tertiary/aromatic N) is 3. The van der Waals surface area contributed by atoms with E-state index in [4.69, 9.17) is 11.6 Å². The summed E-state index contributed by atoms with van der Waals surface area (Å²) < 4.78 is 1.33. The van der Waals surface area contributed by atoms with Crippen LogP contribution < -0.4 is 5.32 Å². The number of carbonyl (C=O) groups is 2. The fourth-order valence-corrected chi connectivity index (χ4v) is 2.03. The van der Waals surface area contributed by atoms with E-state index in [9.17, 15) is 14.7 Å². The molecule has 0 saturated heterocycles. The lowest BCUT2D eigenvalue weighted by Crippen LogP contribution is -2.38. The third-order valence-corrected chi connectivity index (χ3v) is 3.31. The van der Waals surface area contributed by atoms with Crippen molar-refractivity contribution in [2.45, 2.75) is 19.0 Å². The second-order valence-electron chi connectivity index (χ2n) is 4.35. The fourth-order valence-electron chi connectivity index (χ4n) is 1.78. The van der Waals surface area contributed by atoms with Gasteiger partial charge in [-0.2, -0.15) is 5.10 Å². The summed E-state index contributed by atoms with van der Waals surface area (Å²) in [5.74, 6) is -1.69. The number of aromatic nitrogens is 3. The van der Waals surface area contributed by atoms with Crippen LogP contribution in [0.2, 0.25) is 5.02 Å². The molecule has 0 aliphatic heterocycles. The number of aliphatic carboxylic acids is 1. The summed E-state index contributed by atoms with van der Waals surface area (Å²) in [5.41, 5.74) is 0.325. The molecule has 0 aliphatic carbocycles. The van der Waals surface area contributed by atoms with Crippen LogP contribution in [0.25, 0.3) is 0 Å². The molecular weight excluding hydrogens is 296 g/mol. The molecule has 1 amide bonds. The Morgan fingerprint density at radius 3 is 2.67 bits per heavy atom. The minimum atomic E-state index is -1.22. The number of hydrogen-bond acceptors (Lipinski definition) is 4. The third kappa shape index (κ3) is 3.38. The highest BCUT2D eigenvalue weighted by Gasteiger charge is 2.27. The van der Waals surface area contributed by atoms with Crippen LogP contribution in [-0.4, -0.2) is 31.7 Å². The lowest BCUT2D eigenvalue weighted by molar-refractivity contribution is -0.142. The molecule has 0 saturated carbocycles. The molecule has 21 heavy (non-hydrogen) atoms. The topological polar surface area (TPSA) is 97.1 Å². The molecule has 2 N–H and O–H groups in total. The normalized spacial score (nSPS) is 13.4. The average Bonchev–Trinajstić information content (AvgIpc) is 2.98. The van der Waals surface area contributed by atoms with Gasteiger partial charge in [-0.1, -0.05) is 29.8 Å². The second kappa shape index (κ2) is 6.36.